The van der Waals surface area contributed by atoms with Gasteiger partial charge in [-0.3, -0.25) is 9.59 Å². The van der Waals surface area contributed by atoms with E-state index in [0.717, 1.165) is 17.9 Å². The molecule has 1 saturated heterocycles. The van der Waals surface area contributed by atoms with Crippen molar-refractivity contribution in [3.05, 3.63) is 58.8 Å². The lowest BCUT2D eigenvalue weighted by molar-refractivity contribution is -0.139. The topological polar surface area (TPSA) is 84.5 Å². The number of nitrogens with zero attached hydrogens (tertiary/aromatic N) is 2. The van der Waals surface area contributed by atoms with Crippen LogP contribution in [0.1, 0.15) is 18.5 Å². The first-order valence-corrected chi connectivity index (χ1v) is 8.81. The SMILES string of the molecule is O=C(CCOc1ccccc1)N1CCO[C@H](CCc2cc(=O)[nH]cn2)C1. The smallest absolute Gasteiger partial charge is 0.250 e. The highest BCUT2D eigenvalue weighted by molar-refractivity contribution is 5.76. The molecule has 0 unspecified atom stereocenters. The fraction of sp³-hybridized carbons (Fsp3) is 0.421. The van der Waals surface area contributed by atoms with Gasteiger partial charge in [-0.15, -0.1) is 0 Å². The van der Waals surface area contributed by atoms with E-state index in [1.807, 2.05) is 35.2 Å². The van der Waals surface area contributed by atoms with Crippen LogP contribution in [0.2, 0.25) is 0 Å². The molecular weight excluding hydrogens is 334 g/mol. The van der Waals surface area contributed by atoms with Gasteiger partial charge in [0.05, 0.1) is 32.1 Å². The average Bonchev–Trinajstić information content (AvgIpc) is 2.67. The first kappa shape index (κ1) is 18.1. The molecule has 7 nitrogen and oxygen atoms in total. The number of carbonyl (C=O) groups is 1. The fourth-order valence-electron chi connectivity index (χ4n) is 2.91. The van der Waals surface area contributed by atoms with Crippen molar-refractivity contribution in [1.29, 1.82) is 0 Å². The number of hydrogen-bond acceptors (Lipinski definition) is 5. The average molecular weight is 357 g/mol. The number of hydrogen-bond donors (Lipinski definition) is 1. The summed E-state index contributed by atoms with van der Waals surface area (Å²) in [6.45, 7) is 2.05. The van der Waals surface area contributed by atoms with Crippen LogP contribution in [0, 0.1) is 0 Å². The third-order valence-corrected chi connectivity index (χ3v) is 4.28. The van der Waals surface area contributed by atoms with E-state index >= 15 is 0 Å². The molecular formula is C19H23N3O4. The van der Waals surface area contributed by atoms with Crippen LogP contribution < -0.4 is 10.3 Å². The first-order valence-electron chi connectivity index (χ1n) is 8.81. The second kappa shape index (κ2) is 9.15. The Morgan fingerprint density at radius 2 is 2.19 bits per heavy atom. The Labute approximate surface area is 152 Å². The van der Waals surface area contributed by atoms with Crippen molar-refractivity contribution in [2.24, 2.45) is 0 Å². The van der Waals surface area contributed by atoms with Crippen LogP contribution in [-0.4, -0.2) is 53.2 Å². The van der Waals surface area contributed by atoms with Gasteiger partial charge in [-0.25, -0.2) is 4.98 Å². The van der Waals surface area contributed by atoms with Gasteiger partial charge in [0.2, 0.25) is 5.91 Å². The van der Waals surface area contributed by atoms with E-state index in [-0.39, 0.29) is 17.6 Å². The Morgan fingerprint density at radius 3 is 3.00 bits per heavy atom. The molecule has 2 heterocycles. The molecule has 3 rings (SSSR count). The number of aryl methyl sites for hydroxylation is 1. The molecule has 0 saturated carbocycles. The zero-order chi connectivity index (χ0) is 18.2. The number of rotatable bonds is 7. The van der Waals surface area contributed by atoms with Crippen molar-refractivity contribution >= 4 is 5.91 Å². The molecule has 0 radical (unpaired) electrons. The number of benzene rings is 1. The summed E-state index contributed by atoms with van der Waals surface area (Å²) in [7, 11) is 0. The van der Waals surface area contributed by atoms with E-state index in [4.69, 9.17) is 9.47 Å². The summed E-state index contributed by atoms with van der Waals surface area (Å²) in [5, 5.41) is 0. The van der Waals surface area contributed by atoms with Crippen LogP contribution >= 0.6 is 0 Å². The minimum Gasteiger partial charge on any atom is -0.493 e. The predicted octanol–water partition coefficient (Wildman–Crippen LogP) is 1.40. The van der Waals surface area contributed by atoms with Crippen LogP contribution in [0.15, 0.2) is 47.5 Å². The molecule has 1 amide bonds. The molecule has 0 spiro atoms. The zero-order valence-electron chi connectivity index (χ0n) is 14.6. The van der Waals surface area contributed by atoms with Crippen molar-refractivity contribution in [2.45, 2.75) is 25.4 Å². The number of aromatic nitrogens is 2. The minimum absolute atomic E-state index is 0.0381. The van der Waals surface area contributed by atoms with Gasteiger partial charge in [-0.1, -0.05) is 18.2 Å². The number of carbonyl (C=O) groups excluding carboxylic acids is 1. The number of amides is 1. The van der Waals surface area contributed by atoms with E-state index in [9.17, 15) is 9.59 Å². The summed E-state index contributed by atoms with van der Waals surface area (Å²) in [4.78, 5) is 32.1. The van der Waals surface area contributed by atoms with E-state index < -0.39 is 0 Å². The highest BCUT2D eigenvalue weighted by Crippen LogP contribution is 2.13. The van der Waals surface area contributed by atoms with Crippen molar-refractivity contribution in [3.8, 4) is 5.75 Å². The second-order valence-electron chi connectivity index (χ2n) is 6.19. The third kappa shape index (κ3) is 5.42. The standard InChI is InChI=1S/C19H23N3O4/c23-18-12-15(20-14-21-18)6-7-17-13-22(9-11-26-17)19(24)8-10-25-16-4-2-1-3-5-16/h1-5,12,14,17H,6-11,13H2,(H,20,21,23)/t17-/m1/s1. The maximum Gasteiger partial charge on any atom is 0.250 e. The molecule has 1 fully saturated rings. The third-order valence-electron chi connectivity index (χ3n) is 4.28. The van der Waals surface area contributed by atoms with Gasteiger partial charge in [-0.05, 0) is 25.0 Å². The van der Waals surface area contributed by atoms with Gasteiger partial charge < -0.3 is 19.4 Å². The summed E-state index contributed by atoms with van der Waals surface area (Å²) >= 11 is 0. The first-order chi connectivity index (χ1) is 12.7. The molecule has 0 aliphatic carbocycles. The van der Waals surface area contributed by atoms with Gasteiger partial charge in [0, 0.05) is 24.8 Å². The monoisotopic (exact) mass is 357 g/mol. The number of nitrogens with one attached hydrogen (secondary N) is 1. The van der Waals surface area contributed by atoms with E-state index in [2.05, 4.69) is 9.97 Å². The number of para-hydroxylation sites is 1. The van der Waals surface area contributed by atoms with Crippen LogP contribution in [0.25, 0.3) is 0 Å². The van der Waals surface area contributed by atoms with Crippen molar-refractivity contribution < 1.29 is 14.3 Å². The Balaban J connectivity index is 1.42. The lowest BCUT2D eigenvalue weighted by Gasteiger charge is -2.33. The van der Waals surface area contributed by atoms with Gasteiger partial charge in [0.25, 0.3) is 5.56 Å². The molecule has 1 aromatic heterocycles. The van der Waals surface area contributed by atoms with Gasteiger partial charge >= 0.3 is 0 Å². The molecule has 2 aromatic rings. The number of aromatic amines is 1. The molecule has 1 N–H and O–H groups in total. The molecule has 0 bridgehead atoms. The van der Waals surface area contributed by atoms with Crippen molar-refractivity contribution in [2.75, 3.05) is 26.3 Å². The van der Waals surface area contributed by atoms with Gasteiger partial charge in [0.15, 0.2) is 0 Å². The normalized spacial score (nSPS) is 17.1. The summed E-state index contributed by atoms with van der Waals surface area (Å²) in [6, 6.07) is 11.0. The summed E-state index contributed by atoms with van der Waals surface area (Å²) in [5.41, 5.74) is 0.576. The number of H-pyrrole nitrogens is 1. The molecule has 1 atom stereocenters. The second-order valence-corrected chi connectivity index (χ2v) is 6.19. The highest BCUT2D eigenvalue weighted by Gasteiger charge is 2.24. The van der Waals surface area contributed by atoms with Crippen LogP contribution in [0.3, 0.4) is 0 Å². The van der Waals surface area contributed by atoms with Gasteiger partial charge in [0.1, 0.15) is 5.75 Å². The lowest BCUT2D eigenvalue weighted by Crippen LogP contribution is -2.46. The Kier molecular flexibility index (Phi) is 6.38. The fourth-order valence-corrected chi connectivity index (χ4v) is 2.91. The molecule has 1 aliphatic heterocycles. The van der Waals surface area contributed by atoms with Crippen molar-refractivity contribution in [1.82, 2.24) is 14.9 Å². The quantitative estimate of drug-likeness (QED) is 0.810. The molecule has 138 valence electrons. The molecule has 1 aromatic carbocycles. The lowest BCUT2D eigenvalue weighted by atomic mass is 10.1. The maximum atomic E-state index is 12.4. The largest absolute Gasteiger partial charge is 0.493 e. The van der Waals surface area contributed by atoms with Crippen LogP contribution in [0.4, 0.5) is 0 Å². The summed E-state index contributed by atoms with van der Waals surface area (Å²) in [6.07, 6.45) is 3.08. The highest BCUT2D eigenvalue weighted by atomic mass is 16.5. The van der Waals surface area contributed by atoms with Crippen molar-refractivity contribution in [3.63, 3.8) is 0 Å². The summed E-state index contributed by atoms with van der Waals surface area (Å²) in [5.74, 6) is 0.842. The summed E-state index contributed by atoms with van der Waals surface area (Å²) < 4.78 is 11.3. The Hall–Kier alpha value is -2.67. The molecule has 26 heavy (non-hydrogen) atoms. The number of morpholine rings is 1. The predicted molar refractivity (Wildman–Crippen MR) is 96.1 cm³/mol. The molecule has 1 aliphatic rings. The maximum absolute atomic E-state index is 12.4. The Bertz CT molecular complexity index is 763. The Morgan fingerprint density at radius 1 is 1.35 bits per heavy atom. The minimum atomic E-state index is -0.158. The van der Waals surface area contributed by atoms with Crippen LogP contribution in [-0.2, 0) is 16.0 Å². The van der Waals surface area contributed by atoms with Gasteiger partial charge in [-0.2, -0.15) is 0 Å². The number of ether oxygens (including phenoxy) is 2. The van der Waals surface area contributed by atoms with Crippen LogP contribution in [0.5, 0.6) is 5.75 Å². The zero-order valence-corrected chi connectivity index (χ0v) is 14.6. The van der Waals surface area contributed by atoms with E-state index in [1.165, 1.54) is 12.4 Å². The van der Waals surface area contributed by atoms with E-state index in [1.54, 1.807) is 0 Å². The van der Waals surface area contributed by atoms with E-state index in [0.29, 0.717) is 39.1 Å². The molecule has 7 heteroatoms.